The second kappa shape index (κ2) is 6.64. The van der Waals surface area contributed by atoms with Gasteiger partial charge in [0.05, 0.1) is 0 Å². The molecular weight excluding hydrogens is 120 g/mol. The summed E-state index contributed by atoms with van der Waals surface area (Å²) in [5.74, 6) is 0.814. The van der Waals surface area contributed by atoms with Gasteiger partial charge in [-0.1, -0.05) is 39.7 Å². The molecule has 0 fully saturated rings. The molecule has 0 aliphatic carbocycles. The van der Waals surface area contributed by atoms with E-state index in [1.54, 1.807) is 0 Å². The molecule has 0 saturated carbocycles. The summed E-state index contributed by atoms with van der Waals surface area (Å²) in [5.41, 5.74) is 2.80. The van der Waals surface area contributed by atoms with E-state index in [9.17, 15) is 0 Å². The molecule has 0 spiro atoms. The zero-order valence-corrected chi connectivity index (χ0v) is 7.19. The molecule has 0 aromatic heterocycles. The number of unbranched alkanes of at least 4 members (excludes halogenated alkanes) is 1. The van der Waals surface area contributed by atoms with E-state index in [4.69, 9.17) is 0 Å². The smallest absolute Gasteiger partial charge is 0.0249 e. The minimum Gasteiger partial charge on any atom is -0.133 e. The number of allylic oxidation sites excluding steroid dienone is 1. The Morgan fingerprint density at radius 3 is 2.80 bits per heavy atom. The highest BCUT2D eigenvalue weighted by molar-refractivity contribution is 4.77. The number of hydrogen-bond acceptors (Lipinski definition) is 0. The number of rotatable bonds is 5. The molecule has 0 nitrogen and oxygen atoms in total. The Balaban J connectivity index is 3.24. The van der Waals surface area contributed by atoms with Crippen LogP contribution in [0.15, 0.2) is 18.4 Å². The van der Waals surface area contributed by atoms with Gasteiger partial charge < -0.3 is 0 Å². The molecule has 0 bridgehead atoms. The quantitative estimate of drug-likeness (QED) is 0.510. The summed E-state index contributed by atoms with van der Waals surface area (Å²) in [6, 6.07) is 0. The van der Waals surface area contributed by atoms with Gasteiger partial charge in [0.25, 0.3) is 0 Å². The molecule has 10 heavy (non-hydrogen) atoms. The summed E-state index contributed by atoms with van der Waals surface area (Å²) in [6.07, 6.45) is 7.17. The highest BCUT2D eigenvalue weighted by Gasteiger charge is 1.96. The largest absolute Gasteiger partial charge is 0.133 e. The maximum atomic E-state index is 3.53. The lowest BCUT2D eigenvalue weighted by molar-refractivity contribution is 0.512. The van der Waals surface area contributed by atoms with Crippen molar-refractivity contribution in [3.63, 3.8) is 0 Å². The lowest BCUT2D eigenvalue weighted by atomic mass is 10.0. The summed E-state index contributed by atoms with van der Waals surface area (Å²) in [5, 5.41) is 0. The molecule has 0 aliphatic rings. The van der Waals surface area contributed by atoms with Crippen molar-refractivity contribution in [3.8, 4) is 0 Å². The first-order valence-electron chi connectivity index (χ1n) is 4.15. The van der Waals surface area contributed by atoms with Crippen LogP contribution in [0.5, 0.6) is 0 Å². The Bertz CT molecular complexity index is 107. The minimum atomic E-state index is 0.814. The van der Waals surface area contributed by atoms with Crippen LogP contribution >= 0.6 is 0 Å². The molecule has 1 atom stereocenters. The average Bonchev–Trinajstić information content (AvgIpc) is 1.97. The fourth-order valence-electron chi connectivity index (χ4n) is 0.955. The molecule has 0 aliphatic heterocycles. The molecule has 0 amide bonds. The molecule has 0 heteroatoms. The van der Waals surface area contributed by atoms with Gasteiger partial charge in [0, 0.05) is 0 Å². The maximum absolute atomic E-state index is 3.53. The summed E-state index contributed by atoms with van der Waals surface area (Å²) >= 11 is 0. The third-order valence-corrected chi connectivity index (χ3v) is 1.72. The minimum absolute atomic E-state index is 0.814. The van der Waals surface area contributed by atoms with Gasteiger partial charge in [0.1, 0.15) is 0 Å². The van der Waals surface area contributed by atoms with Gasteiger partial charge in [-0.15, -0.1) is 5.73 Å². The van der Waals surface area contributed by atoms with Crippen LogP contribution in [0, 0.1) is 5.92 Å². The molecule has 0 radical (unpaired) electrons. The van der Waals surface area contributed by atoms with E-state index in [1.165, 1.54) is 19.3 Å². The van der Waals surface area contributed by atoms with Crippen molar-refractivity contribution in [2.75, 3.05) is 0 Å². The molecule has 0 rings (SSSR count). The van der Waals surface area contributed by atoms with Crippen LogP contribution in [-0.4, -0.2) is 0 Å². The zero-order valence-electron chi connectivity index (χ0n) is 7.19. The second-order valence-electron chi connectivity index (χ2n) is 2.89. The van der Waals surface area contributed by atoms with Crippen LogP contribution in [0.1, 0.15) is 39.5 Å². The van der Waals surface area contributed by atoms with E-state index in [2.05, 4.69) is 26.2 Å². The van der Waals surface area contributed by atoms with E-state index in [0.29, 0.717) is 0 Å². The van der Waals surface area contributed by atoms with Crippen molar-refractivity contribution in [1.29, 1.82) is 0 Å². The fraction of sp³-hybridized carbons (Fsp3) is 0.700. The highest BCUT2D eigenvalue weighted by atomic mass is 14.0. The van der Waals surface area contributed by atoms with Crippen molar-refractivity contribution in [3.05, 3.63) is 18.4 Å². The monoisotopic (exact) mass is 138 g/mol. The zero-order chi connectivity index (χ0) is 7.82. The molecule has 0 aromatic carbocycles. The Labute approximate surface area is 64.6 Å². The van der Waals surface area contributed by atoms with Gasteiger partial charge in [-0.25, -0.2) is 0 Å². The van der Waals surface area contributed by atoms with Gasteiger partial charge in [-0.3, -0.25) is 0 Å². The van der Waals surface area contributed by atoms with Crippen LogP contribution in [-0.2, 0) is 0 Å². The maximum Gasteiger partial charge on any atom is -0.0249 e. The van der Waals surface area contributed by atoms with E-state index in [-0.39, 0.29) is 0 Å². The molecule has 0 saturated heterocycles. The van der Waals surface area contributed by atoms with Crippen molar-refractivity contribution in [2.24, 2.45) is 5.92 Å². The Kier molecular flexibility index (Phi) is 6.32. The first-order chi connectivity index (χ1) is 4.81. The first kappa shape index (κ1) is 9.52. The summed E-state index contributed by atoms with van der Waals surface area (Å²) in [4.78, 5) is 0. The second-order valence-corrected chi connectivity index (χ2v) is 2.89. The molecule has 1 unspecified atom stereocenters. The summed E-state index contributed by atoms with van der Waals surface area (Å²) in [6.45, 7) is 8.05. The van der Waals surface area contributed by atoms with Gasteiger partial charge in [0.15, 0.2) is 0 Å². The van der Waals surface area contributed by atoms with Crippen LogP contribution in [0.2, 0.25) is 0 Å². The third-order valence-electron chi connectivity index (χ3n) is 1.72. The first-order valence-corrected chi connectivity index (χ1v) is 4.15. The predicted octanol–water partition coefficient (Wildman–Crippen LogP) is 3.54. The summed E-state index contributed by atoms with van der Waals surface area (Å²) in [7, 11) is 0. The summed E-state index contributed by atoms with van der Waals surface area (Å²) < 4.78 is 0. The van der Waals surface area contributed by atoms with Gasteiger partial charge in [-0.05, 0) is 18.4 Å². The molecule has 0 aromatic rings. The SMILES string of the molecule is C=C=CCC(C)CCCC. The van der Waals surface area contributed by atoms with Crippen LogP contribution in [0.4, 0.5) is 0 Å². The van der Waals surface area contributed by atoms with Crippen LogP contribution in [0.3, 0.4) is 0 Å². The standard InChI is InChI=1S/C10H18/c1-4-6-8-10(3)9-7-5-2/h6,10H,1,5,7-9H2,2-3H3. The van der Waals surface area contributed by atoms with E-state index in [0.717, 1.165) is 12.3 Å². The van der Waals surface area contributed by atoms with Gasteiger partial charge in [0.2, 0.25) is 0 Å². The highest BCUT2D eigenvalue weighted by Crippen LogP contribution is 2.11. The van der Waals surface area contributed by atoms with Gasteiger partial charge >= 0.3 is 0 Å². The number of hydrogen-bond donors (Lipinski definition) is 0. The Morgan fingerprint density at radius 1 is 1.60 bits per heavy atom. The lowest BCUT2D eigenvalue weighted by Gasteiger charge is -2.05. The lowest BCUT2D eigenvalue weighted by Crippen LogP contribution is -1.90. The molecule has 0 N–H and O–H groups in total. The van der Waals surface area contributed by atoms with E-state index in [1.807, 2.05) is 6.08 Å². The third kappa shape index (κ3) is 5.65. The molecule has 0 heterocycles. The predicted molar refractivity (Wildman–Crippen MR) is 47.0 cm³/mol. The Morgan fingerprint density at radius 2 is 2.30 bits per heavy atom. The molecular formula is C10H18. The Hall–Kier alpha value is -0.480. The topological polar surface area (TPSA) is 0 Å². The van der Waals surface area contributed by atoms with Crippen LogP contribution < -0.4 is 0 Å². The molecule has 58 valence electrons. The van der Waals surface area contributed by atoms with Crippen molar-refractivity contribution >= 4 is 0 Å². The average molecular weight is 138 g/mol. The fourth-order valence-corrected chi connectivity index (χ4v) is 0.955. The van der Waals surface area contributed by atoms with Crippen molar-refractivity contribution in [2.45, 2.75) is 39.5 Å². The van der Waals surface area contributed by atoms with Crippen LogP contribution in [0.25, 0.3) is 0 Å². The van der Waals surface area contributed by atoms with E-state index >= 15 is 0 Å². The normalized spacial score (nSPS) is 12.2. The van der Waals surface area contributed by atoms with Crippen molar-refractivity contribution < 1.29 is 0 Å². The van der Waals surface area contributed by atoms with Crippen molar-refractivity contribution in [1.82, 2.24) is 0 Å². The van der Waals surface area contributed by atoms with E-state index < -0.39 is 0 Å². The van der Waals surface area contributed by atoms with Gasteiger partial charge in [-0.2, -0.15) is 0 Å².